The van der Waals surface area contributed by atoms with Crippen LogP contribution >= 0.6 is 0 Å². The van der Waals surface area contributed by atoms with E-state index < -0.39 is 29.7 Å². The van der Waals surface area contributed by atoms with Gasteiger partial charge in [-0.1, -0.05) is 18.2 Å². The summed E-state index contributed by atoms with van der Waals surface area (Å²) in [5.74, 6) is -0.884. The first-order chi connectivity index (χ1) is 14.0. The van der Waals surface area contributed by atoms with Crippen molar-refractivity contribution in [1.29, 1.82) is 0 Å². The number of urea groups is 1. The van der Waals surface area contributed by atoms with E-state index in [1.54, 1.807) is 36.4 Å². The van der Waals surface area contributed by atoms with Crippen LogP contribution in [0.4, 0.5) is 10.6 Å². The van der Waals surface area contributed by atoms with Crippen molar-refractivity contribution in [3.8, 4) is 0 Å². The Balaban J connectivity index is 1.48. The summed E-state index contributed by atoms with van der Waals surface area (Å²) in [4.78, 5) is 61.2. The van der Waals surface area contributed by atoms with Crippen molar-refractivity contribution < 1.29 is 14.4 Å². The van der Waals surface area contributed by atoms with Gasteiger partial charge < -0.3 is 4.98 Å². The number of amides is 2. The number of nitrogens with one attached hydrogen (secondary N) is 1. The molecular formula is C19H12N6O4. The minimum atomic E-state index is -0.682. The maximum Gasteiger partial charge on any atom is 0.368 e. The minimum absolute atomic E-state index is 0.0864. The number of carbonyl (C=O) groups excluding carboxylic acids is 3. The highest BCUT2D eigenvalue weighted by atomic mass is 16.2. The number of benzene rings is 2. The lowest BCUT2D eigenvalue weighted by Gasteiger charge is -2.00. The Hall–Kier alpha value is -4.21. The third kappa shape index (κ3) is 3.76. The van der Waals surface area contributed by atoms with Crippen LogP contribution in [0.15, 0.2) is 67.5 Å². The predicted molar refractivity (Wildman–Crippen MR) is 99.9 cm³/mol. The largest absolute Gasteiger partial charge is 0.368 e. The average Bonchev–Trinajstić information content (AvgIpc) is 3.07. The number of azo groups is 1. The molecule has 10 nitrogen and oxygen atoms in total. The number of aromatic nitrogens is 2. The summed E-state index contributed by atoms with van der Waals surface area (Å²) < 4.78 is 0. The molecule has 2 amide bonds. The highest BCUT2D eigenvalue weighted by Gasteiger charge is 2.17. The summed E-state index contributed by atoms with van der Waals surface area (Å²) in [6, 6.07) is 10.9. The number of fused-ring (bicyclic) bond motifs is 2. The van der Waals surface area contributed by atoms with Crippen LogP contribution < -0.4 is 16.4 Å². The monoisotopic (exact) mass is 388 g/mol. The lowest BCUT2D eigenvalue weighted by molar-refractivity contribution is -0.116. The lowest BCUT2D eigenvalue weighted by atomic mass is 10.1. The fourth-order valence-corrected chi connectivity index (χ4v) is 2.86. The Morgan fingerprint density at radius 1 is 1.00 bits per heavy atom. The van der Waals surface area contributed by atoms with Gasteiger partial charge in [0.05, 0.1) is 17.3 Å². The number of Topliss-reactive ketones (excluding diaryl/α,β-unsaturated/α-hetero) is 2. The van der Waals surface area contributed by atoms with Crippen LogP contribution in [-0.2, 0) is 4.79 Å². The number of para-hydroxylation sites is 2. The highest BCUT2D eigenvalue weighted by molar-refractivity contribution is 6.08. The molecule has 4 rings (SSSR count). The van der Waals surface area contributed by atoms with Gasteiger partial charge in [0.15, 0.2) is 17.4 Å². The van der Waals surface area contributed by atoms with Gasteiger partial charge in [0, 0.05) is 10.9 Å². The van der Waals surface area contributed by atoms with Gasteiger partial charge in [-0.05, 0) is 24.3 Å². The fraction of sp³-hybridized carbons (Fsp3) is 0.105. The summed E-state index contributed by atoms with van der Waals surface area (Å²) >= 11 is 0. The second-order valence-corrected chi connectivity index (χ2v) is 6.13. The van der Waals surface area contributed by atoms with Crippen LogP contribution in [0.3, 0.4) is 0 Å². The molecule has 0 atom stereocenters. The number of aromatic amines is 1. The normalized spacial score (nSPS) is 12.6. The number of carbonyl (C=O) groups is 3. The van der Waals surface area contributed by atoms with Gasteiger partial charge in [-0.25, -0.2) is 9.59 Å². The van der Waals surface area contributed by atoms with E-state index in [4.69, 9.17) is 0 Å². The van der Waals surface area contributed by atoms with E-state index in [1.807, 2.05) is 0 Å². The van der Waals surface area contributed by atoms with E-state index in [2.05, 4.69) is 30.2 Å². The zero-order valence-corrected chi connectivity index (χ0v) is 14.8. The lowest BCUT2D eigenvalue weighted by Crippen LogP contribution is -2.29. The van der Waals surface area contributed by atoms with E-state index in [-0.39, 0.29) is 23.3 Å². The molecule has 1 aliphatic rings. The zero-order chi connectivity index (χ0) is 20.4. The van der Waals surface area contributed by atoms with Gasteiger partial charge in [0.1, 0.15) is 11.9 Å². The van der Waals surface area contributed by atoms with Gasteiger partial charge >= 0.3 is 11.7 Å². The number of ketones is 2. The molecule has 1 N–H and O–H groups in total. The molecule has 0 fully saturated rings. The first-order valence-electron chi connectivity index (χ1n) is 8.53. The molecule has 0 radical (unpaired) electrons. The quantitative estimate of drug-likeness (QED) is 0.383. The molecule has 2 heterocycles. The molecule has 0 unspecified atom stereocenters. The van der Waals surface area contributed by atoms with Crippen molar-refractivity contribution in [3.05, 3.63) is 69.2 Å². The average molecular weight is 388 g/mol. The van der Waals surface area contributed by atoms with Crippen LogP contribution in [0.5, 0.6) is 0 Å². The molecule has 0 saturated carbocycles. The minimum Gasteiger partial charge on any atom is -0.305 e. The molecule has 142 valence electrons. The third-order valence-electron chi connectivity index (χ3n) is 4.13. The summed E-state index contributed by atoms with van der Waals surface area (Å²) in [5.41, 5.74) is 0.120. The van der Waals surface area contributed by atoms with Crippen molar-refractivity contribution in [1.82, 2.24) is 9.97 Å². The molecule has 0 spiro atoms. The topological polar surface area (TPSA) is 146 Å². The van der Waals surface area contributed by atoms with Crippen LogP contribution in [0.1, 0.15) is 16.8 Å². The fourth-order valence-electron chi connectivity index (χ4n) is 2.86. The smallest absolute Gasteiger partial charge is 0.305 e. The summed E-state index contributed by atoms with van der Waals surface area (Å²) in [6.45, 7) is -0.357. The maximum atomic E-state index is 12.4. The second-order valence-electron chi connectivity index (χ2n) is 6.13. The van der Waals surface area contributed by atoms with Crippen molar-refractivity contribution in [2.75, 3.05) is 6.54 Å². The predicted octanol–water partition coefficient (Wildman–Crippen LogP) is 1.22. The zero-order valence-electron chi connectivity index (χ0n) is 14.8. The van der Waals surface area contributed by atoms with Crippen molar-refractivity contribution in [3.63, 3.8) is 0 Å². The molecule has 0 bridgehead atoms. The van der Waals surface area contributed by atoms with E-state index >= 15 is 0 Å². The van der Waals surface area contributed by atoms with Crippen LogP contribution in [0.25, 0.3) is 10.9 Å². The number of H-pyrrole nitrogens is 1. The van der Waals surface area contributed by atoms with E-state index in [0.29, 0.717) is 16.3 Å². The molecule has 10 heteroatoms. The van der Waals surface area contributed by atoms with Crippen LogP contribution in [0, 0.1) is 0 Å². The van der Waals surface area contributed by atoms with Crippen molar-refractivity contribution in [2.45, 2.75) is 6.42 Å². The maximum absolute atomic E-state index is 12.4. The van der Waals surface area contributed by atoms with Crippen molar-refractivity contribution >= 4 is 34.3 Å². The van der Waals surface area contributed by atoms with Gasteiger partial charge in [0.25, 0.3) is 0 Å². The molecule has 29 heavy (non-hydrogen) atoms. The number of nitrogens with zero attached hydrogens (tertiary/aromatic N) is 5. The summed E-state index contributed by atoms with van der Waals surface area (Å²) in [5, 5.41) is 8.70. The number of rotatable bonds is 6. The Bertz CT molecular complexity index is 1390. The Morgan fingerprint density at radius 3 is 2.69 bits per heavy atom. The van der Waals surface area contributed by atoms with Gasteiger partial charge in [-0.15, -0.1) is 5.11 Å². The molecule has 1 aliphatic heterocycles. The van der Waals surface area contributed by atoms with Gasteiger partial charge in [-0.3, -0.25) is 9.59 Å². The SMILES string of the molecule is O=C(CN=Nc1nc(=O)[nH]c2ccccc12)CC(=O)c1cccc2c1=NC(=O)N=2. The summed E-state index contributed by atoms with van der Waals surface area (Å²) in [6.07, 6.45) is -0.428. The molecule has 1 aromatic heterocycles. The second kappa shape index (κ2) is 7.43. The Labute approximate surface area is 161 Å². The number of hydrogen-bond donors (Lipinski definition) is 1. The van der Waals surface area contributed by atoms with Crippen LogP contribution in [0.2, 0.25) is 0 Å². The summed E-state index contributed by atoms with van der Waals surface area (Å²) in [7, 11) is 0. The van der Waals surface area contributed by atoms with Gasteiger partial charge in [-0.2, -0.15) is 20.1 Å². The number of hydrogen-bond acceptors (Lipinski definition) is 7. The molecule has 0 saturated heterocycles. The molecule has 3 aromatic rings. The van der Waals surface area contributed by atoms with Gasteiger partial charge in [0.2, 0.25) is 0 Å². The molecule has 2 aromatic carbocycles. The highest BCUT2D eigenvalue weighted by Crippen LogP contribution is 2.20. The molecular weight excluding hydrogens is 376 g/mol. The first-order valence-corrected chi connectivity index (χ1v) is 8.53. The van der Waals surface area contributed by atoms with Crippen LogP contribution in [-0.4, -0.2) is 34.1 Å². The standard InChI is InChI=1S/C19H12N6O4/c26-10(8-15(27)12-5-3-7-14-16(12)23-18(28)22-14)9-20-25-17-11-4-1-2-6-13(11)21-19(29)24-17/h1-7H,8-9H2,(H,21,24,29). The third-order valence-corrected chi connectivity index (χ3v) is 4.13. The van der Waals surface area contributed by atoms with E-state index in [9.17, 15) is 19.2 Å². The Morgan fingerprint density at radius 2 is 1.83 bits per heavy atom. The van der Waals surface area contributed by atoms with E-state index in [0.717, 1.165) is 0 Å². The first kappa shape index (κ1) is 18.2. The van der Waals surface area contributed by atoms with Crippen molar-refractivity contribution in [2.24, 2.45) is 20.2 Å². The molecule has 0 aliphatic carbocycles. The Kier molecular flexibility index (Phi) is 4.65. The van der Waals surface area contributed by atoms with E-state index in [1.165, 1.54) is 6.07 Å².